The summed E-state index contributed by atoms with van der Waals surface area (Å²) in [6.07, 6.45) is 3.16. The first-order chi connectivity index (χ1) is 13.7. The third-order valence-corrected chi connectivity index (χ3v) is 4.45. The standard InChI is InChI=1S/C23H15N3O2/c24-16-23(20-12-6-7-14-25-20,28-22(27)18-9-2-1-3-10-18)21-19-11-5-4-8-17(19)13-15-26-21/h1-15H. The van der Waals surface area contributed by atoms with E-state index in [9.17, 15) is 10.1 Å². The number of hydrogen-bond donors (Lipinski definition) is 0. The third-order valence-electron chi connectivity index (χ3n) is 4.45. The van der Waals surface area contributed by atoms with Crippen LogP contribution < -0.4 is 0 Å². The minimum atomic E-state index is -1.78. The molecule has 0 aliphatic carbocycles. The van der Waals surface area contributed by atoms with Crippen LogP contribution in [0.15, 0.2) is 91.3 Å². The Morgan fingerprint density at radius 1 is 0.857 bits per heavy atom. The first kappa shape index (κ1) is 17.4. The van der Waals surface area contributed by atoms with Gasteiger partial charge in [0.05, 0.1) is 5.56 Å². The van der Waals surface area contributed by atoms with Crippen molar-refractivity contribution in [2.24, 2.45) is 0 Å². The molecular formula is C23H15N3O2. The van der Waals surface area contributed by atoms with Crippen LogP contribution in [0, 0.1) is 11.3 Å². The molecule has 0 bridgehead atoms. The van der Waals surface area contributed by atoms with Crippen LogP contribution in [0.5, 0.6) is 0 Å². The van der Waals surface area contributed by atoms with Crippen molar-refractivity contribution < 1.29 is 9.53 Å². The molecule has 5 nitrogen and oxygen atoms in total. The minimum Gasteiger partial charge on any atom is -0.428 e. The Balaban J connectivity index is 1.94. The topological polar surface area (TPSA) is 75.9 Å². The maximum Gasteiger partial charge on any atom is 0.340 e. The van der Waals surface area contributed by atoms with Gasteiger partial charge in [0.15, 0.2) is 0 Å². The molecule has 0 saturated heterocycles. The molecule has 0 radical (unpaired) electrons. The number of aromatic nitrogens is 2. The summed E-state index contributed by atoms with van der Waals surface area (Å²) in [5, 5.41) is 11.8. The van der Waals surface area contributed by atoms with Gasteiger partial charge in [0.25, 0.3) is 5.60 Å². The first-order valence-corrected chi connectivity index (χ1v) is 8.70. The zero-order chi connectivity index (χ0) is 19.4. The molecule has 0 spiro atoms. The van der Waals surface area contributed by atoms with Crippen molar-refractivity contribution in [2.75, 3.05) is 0 Å². The van der Waals surface area contributed by atoms with Gasteiger partial charge in [-0.1, -0.05) is 48.5 Å². The molecule has 2 aromatic heterocycles. The van der Waals surface area contributed by atoms with E-state index < -0.39 is 11.6 Å². The van der Waals surface area contributed by atoms with Crippen molar-refractivity contribution in [2.45, 2.75) is 5.60 Å². The third kappa shape index (κ3) is 2.97. The molecule has 0 N–H and O–H groups in total. The van der Waals surface area contributed by atoms with Crippen molar-refractivity contribution >= 4 is 16.7 Å². The molecule has 4 rings (SSSR count). The van der Waals surface area contributed by atoms with Gasteiger partial charge in [-0.15, -0.1) is 0 Å². The molecule has 0 amide bonds. The van der Waals surface area contributed by atoms with Gasteiger partial charge in [-0.3, -0.25) is 9.97 Å². The van der Waals surface area contributed by atoms with Gasteiger partial charge >= 0.3 is 5.97 Å². The average molecular weight is 365 g/mol. The van der Waals surface area contributed by atoms with Crippen molar-refractivity contribution in [3.63, 3.8) is 0 Å². The molecule has 0 aliphatic rings. The molecular weight excluding hydrogens is 350 g/mol. The molecule has 1 unspecified atom stereocenters. The number of hydrogen-bond acceptors (Lipinski definition) is 5. The van der Waals surface area contributed by atoms with Crippen LogP contribution in [0.3, 0.4) is 0 Å². The zero-order valence-corrected chi connectivity index (χ0v) is 14.8. The first-order valence-electron chi connectivity index (χ1n) is 8.70. The van der Waals surface area contributed by atoms with Crippen LogP contribution in [0.4, 0.5) is 0 Å². The number of esters is 1. The Labute approximate surface area is 161 Å². The number of ether oxygens (including phenoxy) is 1. The second-order valence-electron chi connectivity index (χ2n) is 6.14. The fourth-order valence-corrected chi connectivity index (χ4v) is 3.10. The molecule has 0 aliphatic heterocycles. The Morgan fingerprint density at radius 3 is 2.36 bits per heavy atom. The number of rotatable bonds is 4. The summed E-state index contributed by atoms with van der Waals surface area (Å²) in [4.78, 5) is 21.6. The fraction of sp³-hybridized carbons (Fsp3) is 0.0435. The predicted molar refractivity (Wildman–Crippen MR) is 104 cm³/mol. The molecule has 5 heteroatoms. The second kappa shape index (κ2) is 7.29. The van der Waals surface area contributed by atoms with Crippen molar-refractivity contribution in [3.05, 3.63) is 108 Å². The second-order valence-corrected chi connectivity index (χ2v) is 6.14. The van der Waals surface area contributed by atoms with E-state index in [1.807, 2.05) is 30.3 Å². The fourth-order valence-electron chi connectivity index (χ4n) is 3.10. The van der Waals surface area contributed by atoms with Crippen LogP contribution in [-0.2, 0) is 10.3 Å². The van der Waals surface area contributed by atoms with E-state index in [4.69, 9.17) is 4.74 Å². The average Bonchev–Trinajstić information content (AvgIpc) is 2.78. The maximum atomic E-state index is 12.9. The Morgan fingerprint density at radius 2 is 1.61 bits per heavy atom. The molecule has 0 saturated carbocycles. The lowest BCUT2D eigenvalue weighted by molar-refractivity contribution is 0.0171. The number of nitriles is 1. The quantitative estimate of drug-likeness (QED) is 0.505. The lowest BCUT2D eigenvalue weighted by atomic mass is 9.91. The number of carbonyl (C=O) groups excluding carboxylic acids is 1. The van der Waals surface area contributed by atoms with E-state index in [2.05, 4.69) is 16.0 Å². The highest BCUT2D eigenvalue weighted by molar-refractivity contribution is 5.91. The van der Waals surface area contributed by atoms with Crippen LogP contribution in [0.1, 0.15) is 21.7 Å². The molecule has 0 fully saturated rings. The number of pyridine rings is 2. The maximum absolute atomic E-state index is 12.9. The van der Waals surface area contributed by atoms with Gasteiger partial charge in [-0.05, 0) is 35.7 Å². The summed E-state index contributed by atoms with van der Waals surface area (Å²) in [6, 6.07) is 25.2. The Kier molecular flexibility index (Phi) is 4.53. The smallest absolute Gasteiger partial charge is 0.340 e. The summed E-state index contributed by atoms with van der Waals surface area (Å²) in [6.45, 7) is 0. The molecule has 4 aromatic rings. The normalized spacial score (nSPS) is 12.7. The summed E-state index contributed by atoms with van der Waals surface area (Å²) < 4.78 is 5.83. The van der Waals surface area contributed by atoms with E-state index in [1.54, 1.807) is 60.9 Å². The number of fused-ring (bicyclic) bond motifs is 1. The van der Waals surface area contributed by atoms with Gasteiger partial charge in [0.1, 0.15) is 17.5 Å². The highest BCUT2D eigenvalue weighted by Gasteiger charge is 2.43. The SMILES string of the molecule is N#CC(OC(=O)c1ccccc1)(c1ccccn1)c1nccc2ccccc12. The van der Waals surface area contributed by atoms with Gasteiger partial charge in [-0.25, -0.2) is 4.79 Å². The lowest BCUT2D eigenvalue weighted by Crippen LogP contribution is -2.34. The van der Waals surface area contributed by atoms with Crippen molar-refractivity contribution in [1.82, 2.24) is 9.97 Å². The summed E-state index contributed by atoms with van der Waals surface area (Å²) in [7, 11) is 0. The minimum absolute atomic E-state index is 0.297. The highest BCUT2D eigenvalue weighted by atomic mass is 16.6. The van der Waals surface area contributed by atoms with Gasteiger partial charge in [0.2, 0.25) is 0 Å². The lowest BCUT2D eigenvalue weighted by Gasteiger charge is -2.26. The van der Waals surface area contributed by atoms with E-state index in [-0.39, 0.29) is 0 Å². The van der Waals surface area contributed by atoms with Gasteiger partial charge in [-0.2, -0.15) is 5.26 Å². The van der Waals surface area contributed by atoms with Crippen LogP contribution in [0.25, 0.3) is 10.8 Å². The Hall–Kier alpha value is -4.04. The molecule has 1 atom stereocenters. The largest absolute Gasteiger partial charge is 0.428 e. The van der Waals surface area contributed by atoms with Gasteiger partial charge in [0, 0.05) is 17.8 Å². The monoisotopic (exact) mass is 365 g/mol. The Bertz CT molecular complexity index is 1170. The van der Waals surface area contributed by atoms with E-state index in [0.717, 1.165) is 10.8 Å². The van der Waals surface area contributed by atoms with E-state index in [1.165, 1.54) is 0 Å². The van der Waals surface area contributed by atoms with Gasteiger partial charge < -0.3 is 4.74 Å². The van der Waals surface area contributed by atoms with Crippen molar-refractivity contribution in [1.29, 1.82) is 5.26 Å². The molecule has 2 aromatic carbocycles. The van der Waals surface area contributed by atoms with Crippen LogP contribution in [0.2, 0.25) is 0 Å². The number of nitrogens with zero attached hydrogens (tertiary/aromatic N) is 3. The molecule has 134 valence electrons. The zero-order valence-electron chi connectivity index (χ0n) is 14.8. The molecule has 28 heavy (non-hydrogen) atoms. The predicted octanol–water partition coefficient (Wildman–Crippen LogP) is 4.25. The van der Waals surface area contributed by atoms with E-state index >= 15 is 0 Å². The summed E-state index contributed by atoms with van der Waals surface area (Å²) in [5.74, 6) is -0.623. The number of benzene rings is 2. The van der Waals surface area contributed by atoms with Crippen LogP contribution in [-0.4, -0.2) is 15.9 Å². The van der Waals surface area contributed by atoms with Crippen LogP contribution >= 0.6 is 0 Å². The summed E-state index contributed by atoms with van der Waals surface area (Å²) >= 11 is 0. The number of carbonyl (C=O) groups is 1. The highest BCUT2D eigenvalue weighted by Crippen LogP contribution is 2.35. The van der Waals surface area contributed by atoms with Crippen molar-refractivity contribution in [3.8, 4) is 6.07 Å². The van der Waals surface area contributed by atoms with E-state index in [0.29, 0.717) is 17.0 Å². The summed E-state index contributed by atoms with van der Waals surface area (Å²) in [5.41, 5.74) is -0.810. The molecule has 2 heterocycles.